The molecule has 2 aromatic rings. The molecule has 1 aromatic heterocycles. The van der Waals surface area contributed by atoms with E-state index in [0.29, 0.717) is 22.6 Å². The standard InChI is InChI=1S/C29H39NO6S/c1-12-18-13-19(22(36-26(33)29(9,10)11)15-23-30-17(2)16-37-23)21(35-25(32)28(6,7)8)14-20(18)34-24(31)27(3,4)5/h13-16H,12H2,1-11H3. The van der Waals surface area contributed by atoms with Gasteiger partial charge < -0.3 is 14.2 Å². The van der Waals surface area contributed by atoms with E-state index in [4.69, 9.17) is 14.2 Å². The van der Waals surface area contributed by atoms with E-state index in [2.05, 4.69) is 4.98 Å². The fourth-order valence-electron chi connectivity index (χ4n) is 2.73. The lowest BCUT2D eigenvalue weighted by molar-refractivity contribution is -0.145. The molecule has 0 saturated carbocycles. The predicted octanol–water partition coefficient (Wildman–Crippen LogP) is 7.00. The molecule has 0 aliphatic heterocycles. The Morgan fingerprint density at radius 2 is 1.35 bits per heavy atom. The summed E-state index contributed by atoms with van der Waals surface area (Å²) >= 11 is 1.40. The fraction of sp³-hybridized carbons (Fsp3) is 0.517. The van der Waals surface area contributed by atoms with Gasteiger partial charge in [0.25, 0.3) is 0 Å². The Morgan fingerprint density at radius 1 is 0.838 bits per heavy atom. The first-order valence-corrected chi connectivity index (χ1v) is 13.2. The normalized spacial score (nSPS) is 12.8. The molecule has 0 fully saturated rings. The molecule has 37 heavy (non-hydrogen) atoms. The minimum absolute atomic E-state index is 0.120. The number of aromatic nitrogens is 1. The van der Waals surface area contributed by atoms with Crippen LogP contribution in [0.25, 0.3) is 11.8 Å². The third-order valence-corrected chi connectivity index (χ3v) is 6.06. The van der Waals surface area contributed by atoms with Crippen molar-refractivity contribution in [3.05, 3.63) is 39.3 Å². The van der Waals surface area contributed by atoms with Crippen LogP contribution in [0.15, 0.2) is 17.5 Å². The van der Waals surface area contributed by atoms with Gasteiger partial charge in [-0.3, -0.25) is 14.4 Å². The topological polar surface area (TPSA) is 91.8 Å². The number of esters is 3. The van der Waals surface area contributed by atoms with Crippen LogP contribution in [0.4, 0.5) is 0 Å². The number of rotatable bonds is 6. The van der Waals surface area contributed by atoms with Gasteiger partial charge in [-0.05, 0) is 87.3 Å². The van der Waals surface area contributed by atoms with Crippen LogP contribution in [-0.4, -0.2) is 22.9 Å². The molecule has 0 aliphatic carbocycles. The number of carbonyl (C=O) groups is 3. The van der Waals surface area contributed by atoms with Gasteiger partial charge in [-0.15, -0.1) is 11.3 Å². The van der Waals surface area contributed by atoms with Crippen molar-refractivity contribution in [1.29, 1.82) is 0 Å². The van der Waals surface area contributed by atoms with Gasteiger partial charge in [0.2, 0.25) is 0 Å². The summed E-state index contributed by atoms with van der Waals surface area (Å²) in [5.41, 5.74) is -0.415. The first kappa shape index (κ1) is 30.2. The Morgan fingerprint density at radius 3 is 1.78 bits per heavy atom. The number of thiazole rings is 1. The number of aryl methyl sites for hydroxylation is 2. The van der Waals surface area contributed by atoms with Crippen molar-refractivity contribution in [3.8, 4) is 11.5 Å². The molecule has 1 aromatic carbocycles. The molecule has 0 saturated heterocycles. The lowest BCUT2D eigenvalue weighted by atomic mass is 9.96. The van der Waals surface area contributed by atoms with Gasteiger partial charge in [0.15, 0.2) is 0 Å². The van der Waals surface area contributed by atoms with Crippen molar-refractivity contribution >= 4 is 41.1 Å². The second-order valence-corrected chi connectivity index (χ2v) is 13.0. The van der Waals surface area contributed by atoms with E-state index in [9.17, 15) is 14.4 Å². The number of nitrogens with zero attached hydrogens (tertiary/aromatic N) is 1. The summed E-state index contributed by atoms with van der Waals surface area (Å²) < 4.78 is 17.4. The zero-order valence-electron chi connectivity index (χ0n) is 23.8. The van der Waals surface area contributed by atoms with Gasteiger partial charge in [-0.2, -0.15) is 0 Å². The van der Waals surface area contributed by atoms with Crippen molar-refractivity contribution in [2.45, 2.75) is 82.6 Å². The molecular formula is C29H39NO6S. The van der Waals surface area contributed by atoms with Crippen LogP contribution in [0.1, 0.15) is 91.1 Å². The molecule has 8 heteroatoms. The molecule has 0 amide bonds. The van der Waals surface area contributed by atoms with E-state index < -0.39 is 34.2 Å². The van der Waals surface area contributed by atoms with E-state index >= 15 is 0 Å². The minimum Gasteiger partial charge on any atom is -0.426 e. The summed E-state index contributed by atoms with van der Waals surface area (Å²) in [5.74, 6) is -0.769. The molecule has 202 valence electrons. The molecule has 7 nitrogen and oxygen atoms in total. The van der Waals surface area contributed by atoms with E-state index in [-0.39, 0.29) is 17.3 Å². The third kappa shape index (κ3) is 8.25. The number of hydrogen-bond acceptors (Lipinski definition) is 8. The molecule has 1 heterocycles. The summed E-state index contributed by atoms with van der Waals surface area (Å²) in [4.78, 5) is 43.1. The summed E-state index contributed by atoms with van der Waals surface area (Å²) in [6.07, 6.45) is 2.18. The molecule has 0 radical (unpaired) electrons. The van der Waals surface area contributed by atoms with Crippen molar-refractivity contribution < 1.29 is 28.6 Å². The zero-order valence-corrected chi connectivity index (χ0v) is 24.6. The zero-order chi connectivity index (χ0) is 28.3. The lowest BCUT2D eigenvalue weighted by Crippen LogP contribution is -2.27. The van der Waals surface area contributed by atoms with Crippen LogP contribution in [0.3, 0.4) is 0 Å². The monoisotopic (exact) mass is 529 g/mol. The minimum atomic E-state index is -0.804. The number of benzene rings is 1. The van der Waals surface area contributed by atoms with Gasteiger partial charge in [0.1, 0.15) is 22.3 Å². The highest BCUT2D eigenvalue weighted by Gasteiger charge is 2.31. The van der Waals surface area contributed by atoms with Crippen LogP contribution in [0, 0.1) is 23.2 Å². The summed E-state index contributed by atoms with van der Waals surface area (Å²) in [5, 5.41) is 2.52. The van der Waals surface area contributed by atoms with Crippen LogP contribution in [0.2, 0.25) is 0 Å². The van der Waals surface area contributed by atoms with Gasteiger partial charge in [0.05, 0.1) is 21.8 Å². The molecule has 0 bridgehead atoms. The van der Waals surface area contributed by atoms with E-state index in [1.165, 1.54) is 17.4 Å². The first-order chi connectivity index (χ1) is 16.8. The molecule has 0 spiro atoms. The Balaban J connectivity index is 2.79. The average Bonchev–Trinajstić information content (AvgIpc) is 3.16. The SMILES string of the molecule is CCc1cc(C(=Cc2nc(C)cs2)OC(=O)C(C)(C)C)c(OC(=O)C(C)(C)C)cc1OC(=O)C(C)(C)C. The van der Waals surface area contributed by atoms with Gasteiger partial charge in [-0.25, -0.2) is 4.98 Å². The van der Waals surface area contributed by atoms with Crippen LogP contribution in [-0.2, 0) is 25.5 Å². The molecule has 0 atom stereocenters. The van der Waals surface area contributed by atoms with Crippen LogP contribution < -0.4 is 9.47 Å². The maximum atomic E-state index is 13.0. The number of carbonyl (C=O) groups excluding carboxylic acids is 3. The lowest BCUT2D eigenvalue weighted by Gasteiger charge is -2.23. The van der Waals surface area contributed by atoms with E-state index in [1.54, 1.807) is 74.5 Å². The summed E-state index contributed by atoms with van der Waals surface area (Å²) in [6.45, 7) is 19.6. The Bertz CT molecular complexity index is 1200. The third-order valence-electron chi connectivity index (χ3n) is 5.15. The summed E-state index contributed by atoms with van der Waals surface area (Å²) in [7, 11) is 0. The molecule has 0 aliphatic rings. The van der Waals surface area contributed by atoms with Crippen molar-refractivity contribution in [2.75, 3.05) is 0 Å². The molecule has 0 N–H and O–H groups in total. The fourth-order valence-corrected chi connectivity index (χ4v) is 3.44. The highest BCUT2D eigenvalue weighted by Crippen LogP contribution is 2.38. The Kier molecular flexibility index (Phi) is 9.13. The Labute approximate surface area is 224 Å². The second kappa shape index (κ2) is 11.2. The van der Waals surface area contributed by atoms with Crippen molar-refractivity contribution in [1.82, 2.24) is 4.98 Å². The number of ether oxygens (including phenoxy) is 3. The van der Waals surface area contributed by atoms with Crippen molar-refractivity contribution in [2.24, 2.45) is 16.2 Å². The maximum Gasteiger partial charge on any atom is 0.316 e. The summed E-state index contributed by atoms with van der Waals surface area (Å²) in [6, 6.07) is 3.26. The van der Waals surface area contributed by atoms with Gasteiger partial charge in [-0.1, -0.05) is 6.92 Å². The highest BCUT2D eigenvalue weighted by molar-refractivity contribution is 7.10. The van der Waals surface area contributed by atoms with Crippen LogP contribution in [0.5, 0.6) is 11.5 Å². The quantitative estimate of drug-likeness (QED) is 0.226. The van der Waals surface area contributed by atoms with Crippen LogP contribution >= 0.6 is 11.3 Å². The molecular weight excluding hydrogens is 490 g/mol. The highest BCUT2D eigenvalue weighted by atomic mass is 32.1. The average molecular weight is 530 g/mol. The number of hydrogen-bond donors (Lipinski definition) is 0. The van der Waals surface area contributed by atoms with Gasteiger partial charge >= 0.3 is 17.9 Å². The molecule has 0 unspecified atom stereocenters. The predicted molar refractivity (Wildman–Crippen MR) is 146 cm³/mol. The van der Waals surface area contributed by atoms with E-state index in [1.807, 2.05) is 19.2 Å². The smallest absolute Gasteiger partial charge is 0.316 e. The first-order valence-electron chi connectivity index (χ1n) is 12.3. The second-order valence-electron chi connectivity index (χ2n) is 12.1. The molecule has 2 rings (SSSR count). The maximum absolute atomic E-state index is 13.0. The van der Waals surface area contributed by atoms with E-state index in [0.717, 1.165) is 5.69 Å². The largest absolute Gasteiger partial charge is 0.426 e. The van der Waals surface area contributed by atoms with Gasteiger partial charge in [0, 0.05) is 23.2 Å². The van der Waals surface area contributed by atoms with Crippen molar-refractivity contribution in [3.63, 3.8) is 0 Å². The Hall–Kier alpha value is -3.00.